The fraction of sp³-hybridized carbons (Fsp3) is 0.556. The Kier molecular flexibility index (Phi) is 2.29. The first-order valence-electron chi connectivity index (χ1n) is 4.69. The SMILES string of the molecule is Nc1cncc(N2CCCCC2)n1. The lowest BCUT2D eigenvalue weighted by atomic mass is 10.1. The molecule has 2 heterocycles. The molecule has 0 unspecified atom stereocenters. The summed E-state index contributed by atoms with van der Waals surface area (Å²) in [4.78, 5) is 10.5. The van der Waals surface area contributed by atoms with Gasteiger partial charge in [0, 0.05) is 13.1 Å². The average molecular weight is 178 g/mol. The molecule has 0 aromatic carbocycles. The van der Waals surface area contributed by atoms with Crippen molar-refractivity contribution in [3.8, 4) is 0 Å². The monoisotopic (exact) mass is 178 g/mol. The summed E-state index contributed by atoms with van der Waals surface area (Å²) in [5.74, 6) is 1.42. The minimum Gasteiger partial charge on any atom is -0.382 e. The lowest BCUT2D eigenvalue weighted by molar-refractivity contribution is 0.573. The van der Waals surface area contributed by atoms with Crippen LogP contribution < -0.4 is 10.6 Å². The van der Waals surface area contributed by atoms with Crippen molar-refractivity contribution in [2.24, 2.45) is 0 Å². The third-order valence-electron chi connectivity index (χ3n) is 2.32. The Labute approximate surface area is 77.8 Å². The first kappa shape index (κ1) is 8.29. The van der Waals surface area contributed by atoms with Crippen LogP contribution in [-0.4, -0.2) is 23.1 Å². The highest BCUT2D eigenvalue weighted by Gasteiger charge is 2.11. The first-order valence-corrected chi connectivity index (χ1v) is 4.69. The van der Waals surface area contributed by atoms with Crippen molar-refractivity contribution >= 4 is 11.6 Å². The van der Waals surface area contributed by atoms with Crippen molar-refractivity contribution in [2.45, 2.75) is 19.3 Å². The van der Waals surface area contributed by atoms with Crippen LogP contribution >= 0.6 is 0 Å². The van der Waals surface area contributed by atoms with Crippen LogP contribution in [0.4, 0.5) is 11.6 Å². The van der Waals surface area contributed by atoms with Gasteiger partial charge in [-0.25, -0.2) is 4.98 Å². The summed E-state index contributed by atoms with van der Waals surface area (Å²) in [5.41, 5.74) is 5.56. The molecule has 2 rings (SSSR count). The zero-order valence-electron chi connectivity index (χ0n) is 7.61. The van der Waals surface area contributed by atoms with E-state index in [0.717, 1.165) is 18.9 Å². The van der Waals surface area contributed by atoms with Gasteiger partial charge in [-0.2, -0.15) is 0 Å². The molecule has 0 radical (unpaired) electrons. The molecule has 1 saturated heterocycles. The molecule has 0 bridgehead atoms. The Morgan fingerprint density at radius 1 is 1.15 bits per heavy atom. The van der Waals surface area contributed by atoms with Crippen molar-refractivity contribution in [3.05, 3.63) is 12.4 Å². The molecule has 13 heavy (non-hydrogen) atoms. The van der Waals surface area contributed by atoms with Crippen LogP contribution in [0.3, 0.4) is 0 Å². The summed E-state index contributed by atoms with van der Waals surface area (Å²) in [7, 11) is 0. The maximum atomic E-state index is 5.56. The van der Waals surface area contributed by atoms with Crippen LogP contribution in [0.15, 0.2) is 12.4 Å². The molecular formula is C9H14N4. The molecule has 4 heteroatoms. The summed E-state index contributed by atoms with van der Waals surface area (Å²) in [5, 5.41) is 0. The van der Waals surface area contributed by atoms with Gasteiger partial charge >= 0.3 is 0 Å². The van der Waals surface area contributed by atoms with Gasteiger partial charge in [0.25, 0.3) is 0 Å². The van der Waals surface area contributed by atoms with Crippen molar-refractivity contribution in [1.29, 1.82) is 0 Å². The van der Waals surface area contributed by atoms with Crippen molar-refractivity contribution < 1.29 is 0 Å². The van der Waals surface area contributed by atoms with Crippen LogP contribution in [-0.2, 0) is 0 Å². The number of aromatic nitrogens is 2. The van der Waals surface area contributed by atoms with E-state index in [1.807, 2.05) is 0 Å². The molecule has 0 atom stereocenters. The van der Waals surface area contributed by atoms with E-state index in [-0.39, 0.29) is 0 Å². The number of nitrogens with two attached hydrogens (primary N) is 1. The fourth-order valence-corrected chi connectivity index (χ4v) is 1.65. The molecule has 1 fully saturated rings. The second kappa shape index (κ2) is 3.60. The second-order valence-corrected chi connectivity index (χ2v) is 3.35. The lowest BCUT2D eigenvalue weighted by Crippen LogP contribution is -2.30. The molecule has 1 aliphatic heterocycles. The van der Waals surface area contributed by atoms with Gasteiger partial charge in [-0.3, -0.25) is 4.98 Å². The summed E-state index contributed by atoms with van der Waals surface area (Å²) in [6.45, 7) is 2.16. The number of nitrogens with zero attached hydrogens (tertiary/aromatic N) is 3. The largest absolute Gasteiger partial charge is 0.382 e. The predicted octanol–water partition coefficient (Wildman–Crippen LogP) is 1.05. The van der Waals surface area contributed by atoms with Crippen LogP contribution in [0.5, 0.6) is 0 Å². The highest BCUT2D eigenvalue weighted by atomic mass is 15.2. The standard InChI is InChI=1S/C9H14N4/c10-8-6-11-7-9(12-8)13-4-2-1-3-5-13/h6-7H,1-5H2,(H2,10,12). The van der Waals surface area contributed by atoms with E-state index in [9.17, 15) is 0 Å². The molecule has 1 aromatic rings. The molecule has 0 aliphatic carbocycles. The van der Waals surface area contributed by atoms with Gasteiger partial charge in [0.2, 0.25) is 0 Å². The third kappa shape index (κ3) is 1.88. The van der Waals surface area contributed by atoms with E-state index in [2.05, 4.69) is 14.9 Å². The van der Waals surface area contributed by atoms with Gasteiger partial charge in [-0.15, -0.1) is 0 Å². The number of rotatable bonds is 1. The molecule has 1 aromatic heterocycles. The van der Waals surface area contributed by atoms with Crippen LogP contribution in [0.25, 0.3) is 0 Å². The molecule has 70 valence electrons. The Hall–Kier alpha value is -1.32. The van der Waals surface area contributed by atoms with Gasteiger partial charge < -0.3 is 10.6 Å². The van der Waals surface area contributed by atoms with E-state index in [1.54, 1.807) is 12.4 Å². The van der Waals surface area contributed by atoms with Gasteiger partial charge in [-0.1, -0.05) is 0 Å². The normalized spacial score (nSPS) is 17.4. The number of hydrogen-bond donors (Lipinski definition) is 1. The number of piperidine rings is 1. The van der Waals surface area contributed by atoms with Gasteiger partial charge in [0.1, 0.15) is 11.6 Å². The van der Waals surface area contributed by atoms with Gasteiger partial charge in [0.15, 0.2) is 0 Å². The zero-order valence-corrected chi connectivity index (χ0v) is 7.61. The number of anilines is 2. The van der Waals surface area contributed by atoms with E-state index < -0.39 is 0 Å². The molecule has 0 amide bonds. The summed E-state index contributed by atoms with van der Waals surface area (Å²) in [6.07, 6.45) is 7.17. The van der Waals surface area contributed by atoms with Gasteiger partial charge in [0.05, 0.1) is 12.4 Å². The fourth-order valence-electron chi connectivity index (χ4n) is 1.65. The van der Waals surface area contributed by atoms with Crippen molar-refractivity contribution in [2.75, 3.05) is 23.7 Å². The Morgan fingerprint density at radius 3 is 2.62 bits per heavy atom. The van der Waals surface area contributed by atoms with Crippen molar-refractivity contribution in [3.63, 3.8) is 0 Å². The first-order chi connectivity index (χ1) is 6.36. The number of nitrogen functional groups attached to an aromatic ring is 1. The molecular weight excluding hydrogens is 164 g/mol. The maximum Gasteiger partial charge on any atom is 0.149 e. The third-order valence-corrected chi connectivity index (χ3v) is 2.32. The second-order valence-electron chi connectivity index (χ2n) is 3.35. The minimum absolute atomic E-state index is 0.503. The predicted molar refractivity (Wildman–Crippen MR) is 52.5 cm³/mol. The number of hydrogen-bond acceptors (Lipinski definition) is 4. The van der Waals surface area contributed by atoms with Crippen LogP contribution in [0, 0.1) is 0 Å². The maximum absolute atomic E-state index is 5.56. The van der Waals surface area contributed by atoms with Crippen LogP contribution in [0.1, 0.15) is 19.3 Å². The summed E-state index contributed by atoms with van der Waals surface area (Å²) >= 11 is 0. The lowest BCUT2D eigenvalue weighted by Gasteiger charge is -2.27. The van der Waals surface area contributed by atoms with E-state index >= 15 is 0 Å². The summed E-state index contributed by atoms with van der Waals surface area (Å²) in [6, 6.07) is 0. The highest BCUT2D eigenvalue weighted by Crippen LogP contribution is 2.16. The molecule has 1 aliphatic rings. The summed E-state index contributed by atoms with van der Waals surface area (Å²) < 4.78 is 0. The average Bonchev–Trinajstić information content (AvgIpc) is 2.19. The van der Waals surface area contributed by atoms with E-state index in [4.69, 9.17) is 5.73 Å². The molecule has 0 spiro atoms. The smallest absolute Gasteiger partial charge is 0.149 e. The van der Waals surface area contributed by atoms with Crippen LogP contribution in [0.2, 0.25) is 0 Å². The quantitative estimate of drug-likeness (QED) is 0.698. The molecule has 2 N–H and O–H groups in total. The Morgan fingerprint density at radius 2 is 1.92 bits per heavy atom. The Balaban J connectivity index is 2.14. The topological polar surface area (TPSA) is 55.0 Å². The minimum atomic E-state index is 0.503. The zero-order chi connectivity index (χ0) is 9.10. The molecule has 4 nitrogen and oxygen atoms in total. The van der Waals surface area contributed by atoms with E-state index in [1.165, 1.54) is 19.3 Å². The molecule has 0 saturated carbocycles. The van der Waals surface area contributed by atoms with E-state index in [0.29, 0.717) is 5.82 Å². The van der Waals surface area contributed by atoms with Crippen molar-refractivity contribution in [1.82, 2.24) is 9.97 Å². The van der Waals surface area contributed by atoms with Gasteiger partial charge in [-0.05, 0) is 19.3 Å². The Bertz CT molecular complexity index is 281. The highest BCUT2D eigenvalue weighted by molar-refractivity contribution is 5.41.